The van der Waals surface area contributed by atoms with Crippen LogP contribution < -0.4 is 4.90 Å². The maximum atomic E-state index is 10.3. The molecule has 2 aromatic carbocycles. The van der Waals surface area contributed by atoms with Gasteiger partial charge in [0, 0.05) is 19.3 Å². The lowest BCUT2D eigenvalue weighted by molar-refractivity contribution is 0.185. The first-order valence-electron chi connectivity index (χ1n) is 6.73. The summed E-state index contributed by atoms with van der Waals surface area (Å²) in [6.45, 7) is 2.73. The molecule has 2 heteroatoms. The third-order valence-corrected chi connectivity index (χ3v) is 3.42. The van der Waals surface area contributed by atoms with E-state index in [2.05, 4.69) is 24.0 Å². The van der Waals surface area contributed by atoms with Crippen LogP contribution in [-0.2, 0) is 6.42 Å². The van der Waals surface area contributed by atoms with Gasteiger partial charge in [-0.1, -0.05) is 49.4 Å². The summed E-state index contributed by atoms with van der Waals surface area (Å²) in [7, 11) is 2.00. The summed E-state index contributed by atoms with van der Waals surface area (Å²) in [6, 6.07) is 18.3. The van der Waals surface area contributed by atoms with Gasteiger partial charge in [0.2, 0.25) is 0 Å². The number of para-hydroxylation sites is 1. The second-order valence-corrected chi connectivity index (χ2v) is 4.83. The average Bonchev–Trinajstić information content (AvgIpc) is 2.48. The van der Waals surface area contributed by atoms with Gasteiger partial charge in [0.1, 0.15) is 0 Å². The number of anilines is 1. The minimum Gasteiger partial charge on any atom is -0.387 e. The summed E-state index contributed by atoms with van der Waals surface area (Å²) in [5, 5.41) is 10.3. The van der Waals surface area contributed by atoms with Gasteiger partial charge in [-0.3, -0.25) is 0 Å². The molecule has 1 atom stereocenters. The first kappa shape index (κ1) is 13.6. The largest absolute Gasteiger partial charge is 0.387 e. The Morgan fingerprint density at radius 2 is 1.63 bits per heavy atom. The number of aliphatic hydroxyl groups is 1. The molecule has 0 aromatic heterocycles. The number of rotatable bonds is 5. The molecule has 0 amide bonds. The molecular weight excluding hydrogens is 234 g/mol. The lowest BCUT2D eigenvalue weighted by atomic mass is 10.1. The Morgan fingerprint density at radius 1 is 1.00 bits per heavy atom. The first-order chi connectivity index (χ1) is 9.20. The van der Waals surface area contributed by atoms with Crippen molar-refractivity contribution in [3.8, 4) is 0 Å². The summed E-state index contributed by atoms with van der Waals surface area (Å²) in [5.74, 6) is 0. The number of likely N-dealkylation sites (N-methyl/N-ethyl adjacent to an activating group) is 1. The Hall–Kier alpha value is -1.80. The Bertz CT molecular complexity index is 492. The molecule has 0 bridgehead atoms. The van der Waals surface area contributed by atoms with Crippen LogP contribution in [0.4, 0.5) is 5.69 Å². The quantitative estimate of drug-likeness (QED) is 0.885. The highest BCUT2D eigenvalue weighted by atomic mass is 16.3. The number of aryl methyl sites for hydroxylation is 1. The standard InChI is InChI=1S/C17H21NO/c1-3-14-9-11-15(12-10-14)17(19)13-18(2)16-7-5-4-6-8-16/h4-12,17,19H,3,13H2,1-2H3. The van der Waals surface area contributed by atoms with Crippen molar-refractivity contribution in [1.29, 1.82) is 0 Å². The lowest BCUT2D eigenvalue weighted by Gasteiger charge is -2.23. The summed E-state index contributed by atoms with van der Waals surface area (Å²) in [6.07, 6.45) is 0.566. The smallest absolute Gasteiger partial charge is 0.0964 e. The van der Waals surface area contributed by atoms with Crippen molar-refractivity contribution in [2.45, 2.75) is 19.4 Å². The van der Waals surface area contributed by atoms with E-state index in [0.717, 1.165) is 17.7 Å². The minimum atomic E-state index is -0.462. The number of hydrogen-bond acceptors (Lipinski definition) is 2. The molecule has 0 saturated carbocycles. The molecule has 0 fully saturated rings. The molecule has 2 aromatic rings. The van der Waals surface area contributed by atoms with E-state index in [0.29, 0.717) is 6.54 Å². The van der Waals surface area contributed by atoms with Crippen LogP contribution in [0, 0.1) is 0 Å². The molecule has 19 heavy (non-hydrogen) atoms. The average molecular weight is 255 g/mol. The molecule has 100 valence electrons. The maximum absolute atomic E-state index is 10.3. The van der Waals surface area contributed by atoms with Gasteiger partial charge >= 0.3 is 0 Å². The van der Waals surface area contributed by atoms with E-state index in [4.69, 9.17) is 0 Å². The fourth-order valence-corrected chi connectivity index (χ4v) is 2.13. The Labute approximate surface area is 115 Å². The van der Waals surface area contributed by atoms with Crippen LogP contribution >= 0.6 is 0 Å². The van der Waals surface area contributed by atoms with E-state index in [1.807, 2.05) is 49.5 Å². The number of benzene rings is 2. The normalized spacial score (nSPS) is 12.2. The third-order valence-electron chi connectivity index (χ3n) is 3.42. The molecule has 2 rings (SSSR count). The zero-order chi connectivity index (χ0) is 13.7. The summed E-state index contributed by atoms with van der Waals surface area (Å²) in [4.78, 5) is 2.07. The van der Waals surface area contributed by atoms with Gasteiger partial charge in [-0.2, -0.15) is 0 Å². The fraction of sp³-hybridized carbons (Fsp3) is 0.294. The van der Waals surface area contributed by atoms with Crippen molar-refractivity contribution in [3.05, 3.63) is 65.7 Å². The summed E-state index contributed by atoms with van der Waals surface area (Å²) >= 11 is 0. The Balaban J connectivity index is 2.02. The molecule has 1 N–H and O–H groups in total. The van der Waals surface area contributed by atoms with Gasteiger partial charge in [-0.25, -0.2) is 0 Å². The van der Waals surface area contributed by atoms with Crippen LogP contribution in [0.25, 0.3) is 0 Å². The molecule has 1 unspecified atom stereocenters. The predicted molar refractivity (Wildman–Crippen MR) is 80.5 cm³/mol. The maximum Gasteiger partial charge on any atom is 0.0964 e. The fourth-order valence-electron chi connectivity index (χ4n) is 2.13. The number of nitrogens with zero attached hydrogens (tertiary/aromatic N) is 1. The van der Waals surface area contributed by atoms with Crippen LogP contribution in [0.5, 0.6) is 0 Å². The van der Waals surface area contributed by atoms with E-state index >= 15 is 0 Å². The van der Waals surface area contributed by atoms with Crippen molar-refractivity contribution in [3.63, 3.8) is 0 Å². The van der Waals surface area contributed by atoms with Gasteiger partial charge in [-0.15, -0.1) is 0 Å². The second-order valence-electron chi connectivity index (χ2n) is 4.83. The lowest BCUT2D eigenvalue weighted by Crippen LogP contribution is -2.24. The van der Waals surface area contributed by atoms with Crippen LogP contribution in [0.1, 0.15) is 24.2 Å². The molecule has 0 heterocycles. The Kier molecular flexibility index (Phi) is 4.58. The van der Waals surface area contributed by atoms with E-state index in [-0.39, 0.29) is 0 Å². The van der Waals surface area contributed by atoms with Crippen LogP contribution in [0.3, 0.4) is 0 Å². The topological polar surface area (TPSA) is 23.5 Å². The van der Waals surface area contributed by atoms with Gasteiger partial charge in [0.05, 0.1) is 6.10 Å². The minimum absolute atomic E-state index is 0.462. The van der Waals surface area contributed by atoms with Gasteiger partial charge in [0.25, 0.3) is 0 Å². The number of aliphatic hydroxyl groups excluding tert-OH is 1. The van der Waals surface area contributed by atoms with E-state index in [1.165, 1.54) is 5.56 Å². The molecule has 2 nitrogen and oxygen atoms in total. The molecule has 0 aliphatic heterocycles. The zero-order valence-electron chi connectivity index (χ0n) is 11.6. The van der Waals surface area contributed by atoms with E-state index in [1.54, 1.807) is 0 Å². The second kappa shape index (κ2) is 6.39. The summed E-state index contributed by atoms with van der Waals surface area (Å²) in [5.41, 5.74) is 3.39. The first-order valence-corrected chi connectivity index (χ1v) is 6.73. The van der Waals surface area contributed by atoms with E-state index in [9.17, 15) is 5.11 Å². The van der Waals surface area contributed by atoms with Crippen molar-refractivity contribution < 1.29 is 5.11 Å². The SMILES string of the molecule is CCc1ccc(C(O)CN(C)c2ccccc2)cc1. The van der Waals surface area contributed by atoms with Crippen molar-refractivity contribution in [2.75, 3.05) is 18.5 Å². The van der Waals surface area contributed by atoms with Gasteiger partial charge in [0.15, 0.2) is 0 Å². The highest BCUT2D eigenvalue weighted by Gasteiger charge is 2.10. The molecule has 0 aliphatic carbocycles. The van der Waals surface area contributed by atoms with Crippen LogP contribution in [-0.4, -0.2) is 18.7 Å². The third kappa shape index (κ3) is 3.58. The van der Waals surface area contributed by atoms with Gasteiger partial charge < -0.3 is 10.0 Å². The predicted octanol–water partition coefficient (Wildman–Crippen LogP) is 3.42. The van der Waals surface area contributed by atoms with E-state index < -0.39 is 6.10 Å². The van der Waals surface area contributed by atoms with Crippen molar-refractivity contribution in [2.24, 2.45) is 0 Å². The van der Waals surface area contributed by atoms with Crippen molar-refractivity contribution >= 4 is 5.69 Å². The molecule has 0 saturated heterocycles. The highest BCUT2D eigenvalue weighted by molar-refractivity contribution is 5.45. The molecule has 0 spiro atoms. The van der Waals surface area contributed by atoms with Crippen LogP contribution in [0.2, 0.25) is 0 Å². The molecular formula is C17H21NO. The van der Waals surface area contributed by atoms with Crippen molar-refractivity contribution in [1.82, 2.24) is 0 Å². The van der Waals surface area contributed by atoms with Crippen LogP contribution in [0.15, 0.2) is 54.6 Å². The van der Waals surface area contributed by atoms with Gasteiger partial charge in [-0.05, 0) is 29.7 Å². The Morgan fingerprint density at radius 3 is 2.21 bits per heavy atom. The number of hydrogen-bond donors (Lipinski definition) is 1. The molecule has 0 radical (unpaired) electrons. The zero-order valence-corrected chi connectivity index (χ0v) is 11.6. The highest BCUT2D eigenvalue weighted by Crippen LogP contribution is 2.18. The summed E-state index contributed by atoms with van der Waals surface area (Å²) < 4.78 is 0. The molecule has 0 aliphatic rings. The monoisotopic (exact) mass is 255 g/mol.